The molecular weight excluding hydrogens is 484 g/mol. The van der Waals surface area contributed by atoms with Gasteiger partial charge in [-0.05, 0) is 73.9 Å². The number of ether oxygens (including phenoxy) is 1. The summed E-state index contributed by atoms with van der Waals surface area (Å²) in [6.07, 6.45) is 5.36. The summed E-state index contributed by atoms with van der Waals surface area (Å²) in [5.41, 5.74) is 2.68. The Morgan fingerprint density at radius 2 is 1.46 bits per heavy atom. The minimum atomic E-state index is -0.492. The van der Waals surface area contributed by atoms with Crippen LogP contribution in [0.3, 0.4) is 0 Å². The minimum Gasteiger partial charge on any atom is -0.462 e. The van der Waals surface area contributed by atoms with Crippen LogP contribution in [0.4, 0.5) is 11.4 Å². The van der Waals surface area contributed by atoms with Gasteiger partial charge in [0.2, 0.25) is 11.8 Å². The number of thioether (sulfide) groups is 1. The molecule has 6 nitrogen and oxygen atoms in total. The maximum atomic E-state index is 13.3. The summed E-state index contributed by atoms with van der Waals surface area (Å²) < 4.78 is 5.02. The van der Waals surface area contributed by atoms with Crippen molar-refractivity contribution in [2.75, 3.05) is 17.2 Å². The van der Waals surface area contributed by atoms with E-state index < -0.39 is 11.2 Å². The first kappa shape index (κ1) is 26.5. The van der Waals surface area contributed by atoms with E-state index in [-0.39, 0.29) is 17.7 Å². The van der Waals surface area contributed by atoms with Gasteiger partial charge < -0.3 is 15.4 Å². The summed E-state index contributed by atoms with van der Waals surface area (Å²) >= 11 is 1.44. The Labute approximate surface area is 222 Å². The lowest BCUT2D eigenvalue weighted by molar-refractivity contribution is -0.120. The average Bonchev–Trinajstić information content (AvgIpc) is 2.94. The largest absolute Gasteiger partial charge is 0.462 e. The van der Waals surface area contributed by atoms with Gasteiger partial charge in [-0.1, -0.05) is 49.6 Å². The van der Waals surface area contributed by atoms with E-state index in [2.05, 4.69) is 10.6 Å². The van der Waals surface area contributed by atoms with Gasteiger partial charge in [0.15, 0.2) is 0 Å². The molecule has 1 fully saturated rings. The van der Waals surface area contributed by atoms with Crippen LogP contribution in [-0.4, -0.2) is 24.4 Å². The Morgan fingerprint density at radius 3 is 2.11 bits per heavy atom. The second kappa shape index (κ2) is 13.1. The highest BCUT2D eigenvalue weighted by Gasteiger charge is 2.23. The van der Waals surface area contributed by atoms with Crippen LogP contribution in [-0.2, 0) is 14.3 Å². The molecule has 0 aromatic heterocycles. The highest BCUT2D eigenvalue weighted by Crippen LogP contribution is 2.37. The topological polar surface area (TPSA) is 84.5 Å². The first-order valence-corrected chi connectivity index (χ1v) is 13.6. The number of hydrogen-bond acceptors (Lipinski definition) is 5. The van der Waals surface area contributed by atoms with Crippen molar-refractivity contribution in [3.05, 3.63) is 90.0 Å². The van der Waals surface area contributed by atoms with Crippen molar-refractivity contribution >= 4 is 40.9 Å². The maximum Gasteiger partial charge on any atom is 0.338 e. The van der Waals surface area contributed by atoms with Gasteiger partial charge >= 0.3 is 5.97 Å². The highest BCUT2D eigenvalue weighted by molar-refractivity contribution is 8.00. The molecular formula is C30H32N2O4S. The van der Waals surface area contributed by atoms with Crippen molar-refractivity contribution < 1.29 is 19.1 Å². The van der Waals surface area contributed by atoms with Crippen LogP contribution < -0.4 is 10.6 Å². The van der Waals surface area contributed by atoms with E-state index in [1.54, 1.807) is 31.2 Å². The fourth-order valence-corrected chi connectivity index (χ4v) is 5.40. The molecule has 7 heteroatoms. The first-order chi connectivity index (χ1) is 18.0. The average molecular weight is 517 g/mol. The molecule has 0 saturated heterocycles. The number of esters is 1. The van der Waals surface area contributed by atoms with Gasteiger partial charge in [-0.3, -0.25) is 9.59 Å². The quantitative estimate of drug-likeness (QED) is 0.240. The first-order valence-electron chi connectivity index (χ1n) is 12.7. The third-order valence-electron chi connectivity index (χ3n) is 6.36. The number of amides is 2. The van der Waals surface area contributed by atoms with Crippen molar-refractivity contribution in [1.29, 1.82) is 0 Å². The molecule has 2 N–H and O–H groups in total. The van der Waals surface area contributed by atoms with Crippen LogP contribution in [0.15, 0.2) is 83.8 Å². The molecule has 1 atom stereocenters. The number of carbonyl (C=O) groups is 3. The molecule has 192 valence electrons. The van der Waals surface area contributed by atoms with Gasteiger partial charge in [0, 0.05) is 22.2 Å². The number of benzene rings is 3. The fraction of sp³-hybridized carbons (Fsp3) is 0.300. The zero-order chi connectivity index (χ0) is 26.0. The van der Waals surface area contributed by atoms with Gasteiger partial charge in [0.1, 0.15) is 5.25 Å². The van der Waals surface area contributed by atoms with Crippen molar-refractivity contribution in [2.24, 2.45) is 5.92 Å². The lowest BCUT2D eigenvalue weighted by Crippen LogP contribution is -2.24. The Balaban J connectivity index is 1.43. The van der Waals surface area contributed by atoms with Crippen LogP contribution in [0, 0.1) is 5.92 Å². The van der Waals surface area contributed by atoms with Crippen LogP contribution >= 0.6 is 11.8 Å². The van der Waals surface area contributed by atoms with Crippen molar-refractivity contribution in [3.8, 4) is 0 Å². The number of anilines is 2. The van der Waals surface area contributed by atoms with Gasteiger partial charge in [-0.2, -0.15) is 0 Å². The normalized spacial score (nSPS) is 14.4. The van der Waals surface area contributed by atoms with Crippen LogP contribution in [0.2, 0.25) is 0 Å². The van der Waals surface area contributed by atoms with Crippen molar-refractivity contribution in [2.45, 2.75) is 49.2 Å². The van der Waals surface area contributed by atoms with Gasteiger partial charge in [0.25, 0.3) is 0 Å². The lowest BCUT2D eigenvalue weighted by atomic mass is 9.88. The molecule has 4 rings (SSSR count). The Bertz CT molecular complexity index is 1190. The van der Waals surface area contributed by atoms with Crippen molar-refractivity contribution in [3.63, 3.8) is 0 Å². The van der Waals surface area contributed by atoms with Crippen LogP contribution in [0.25, 0.3) is 0 Å². The number of rotatable bonds is 9. The van der Waals surface area contributed by atoms with E-state index in [1.807, 2.05) is 54.6 Å². The zero-order valence-electron chi connectivity index (χ0n) is 20.9. The fourth-order valence-electron chi connectivity index (χ4n) is 4.37. The highest BCUT2D eigenvalue weighted by atomic mass is 32.2. The molecule has 1 aliphatic rings. The van der Waals surface area contributed by atoms with E-state index in [1.165, 1.54) is 18.2 Å². The monoisotopic (exact) mass is 516 g/mol. The molecule has 3 aromatic carbocycles. The number of hydrogen-bond donors (Lipinski definition) is 2. The molecule has 3 aromatic rings. The predicted octanol–water partition coefficient (Wildman–Crippen LogP) is 6.85. The smallest absolute Gasteiger partial charge is 0.338 e. The van der Waals surface area contributed by atoms with E-state index in [9.17, 15) is 14.4 Å². The molecule has 1 aliphatic carbocycles. The van der Waals surface area contributed by atoms with Gasteiger partial charge in [-0.25, -0.2) is 4.79 Å². The third kappa shape index (κ3) is 7.46. The molecule has 0 heterocycles. The summed E-state index contributed by atoms with van der Waals surface area (Å²) in [6.45, 7) is 2.07. The zero-order valence-corrected chi connectivity index (χ0v) is 21.8. The second-order valence-electron chi connectivity index (χ2n) is 9.04. The van der Waals surface area contributed by atoms with E-state index in [0.29, 0.717) is 17.9 Å². The van der Waals surface area contributed by atoms with E-state index in [4.69, 9.17) is 4.74 Å². The molecule has 0 bridgehead atoms. The van der Waals surface area contributed by atoms with E-state index >= 15 is 0 Å². The molecule has 37 heavy (non-hydrogen) atoms. The Kier molecular flexibility index (Phi) is 9.38. The van der Waals surface area contributed by atoms with E-state index in [0.717, 1.165) is 41.8 Å². The van der Waals surface area contributed by atoms with Crippen LogP contribution in [0.5, 0.6) is 0 Å². The summed E-state index contributed by atoms with van der Waals surface area (Å²) in [7, 11) is 0. The van der Waals surface area contributed by atoms with Gasteiger partial charge in [0.05, 0.1) is 12.2 Å². The minimum absolute atomic E-state index is 0.0932. The summed E-state index contributed by atoms with van der Waals surface area (Å²) in [5, 5.41) is 5.51. The summed E-state index contributed by atoms with van der Waals surface area (Å²) in [4.78, 5) is 38.7. The number of carbonyl (C=O) groups excluding carboxylic acids is 3. The Hall–Kier alpha value is -3.58. The number of nitrogens with one attached hydrogen (secondary N) is 2. The second-order valence-corrected chi connectivity index (χ2v) is 10.2. The molecule has 1 saturated carbocycles. The molecule has 1 unspecified atom stereocenters. The lowest BCUT2D eigenvalue weighted by Gasteiger charge is -2.21. The Morgan fingerprint density at radius 1 is 0.838 bits per heavy atom. The molecule has 0 radical (unpaired) electrons. The maximum absolute atomic E-state index is 13.3. The van der Waals surface area contributed by atoms with Crippen molar-refractivity contribution in [1.82, 2.24) is 0 Å². The SMILES string of the molecule is CCOC(=O)c1ccc(NC(=O)C(Sc2ccc(NC(=O)C3CCCCC3)cc2)c2ccccc2)cc1. The summed E-state index contributed by atoms with van der Waals surface area (Å²) in [5.74, 6) is -0.373. The summed E-state index contributed by atoms with van der Waals surface area (Å²) in [6, 6.07) is 23.9. The molecule has 0 spiro atoms. The molecule has 0 aliphatic heterocycles. The van der Waals surface area contributed by atoms with Crippen LogP contribution in [0.1, 0.15) is 60.2 Å². The molecule has 2 amide bonds. The standard InChI is InChI=1S/C30H32N2O4S/c1-2-36-30(35)23-13-15-24(16-14-23)32-29(34)27(21-9-5-3-6-10-21)37-26-19-17-25(18-20-26)31-28(33)22-11-7-4-8-12-22/h3,5-6,9-10,13-20,22,27H,2,4,7-8,11-12H2,1H3,(H,31,33)(H,32,34). The third-order valence-corrected chi connectivity index (χ3v) is 7.62. The van der Waals surface area contributed by atoms with Gasteiger partial charge in [-0.15, -0.1) is 11.8 Å². The predicted molar refractivity (Wildman–Crippen MR) is 148 cm³/mol.